The van der Waals surface area contributed by atoms with Crippen molar-refractivity contribution in [3.8, 4) is 0 Å². The van der Waals surface area contributed by atoms with Gasteiger partial charge in [-0.2, -0.15) is 0 Å². The minimum atomic E-state index is -3.29. The zero-order chi connectivity index (χ0) is 13.8. The van der Waals surface area contributed by atoms with Gasteiger partial charge in [-0.15, -0.1) is 0 Å². The standard InChI is InChI=1S/C12H26N2O3S/c1-9(2)12(8-17-4)14-18(15,16)10(3)7-13-11-5-6-11/h9-14H,5-8H2,1-4H3. The van der Waals surface area contributed by atoms with Gasteiger partial charge in [-0.25, -0.2) is 13.1 Å². The van der Waals surface area contributed by atoms with Crippen LogP contribution in [0.5, 0.6) is 0 Å². The molecule has 0 aliphatic heterocycles. The van der Waals surface area contributed by atoms with Crippen LogP contribution in [-0.4, -0.2) is 46.0 Å². The molecule has 1 fully saturated rings. The number of hydrogen-bond acceptors (Lipinski definition) is 4. The molecule has 0 radical (unpaired) electrons. The van der Waals surface area contributed by atoms with E-state index in [2.05, 4.69) is 10.0 Å². The second-order valence-electron chi connectivity index (χ2n) is 5.46. The average molecular weight is 278 g/mol. The van der Waals surface area contributed by atoms with E-state index in [4.69, 9.17) is 4.74 Å². The molecule has 108 valence electrons. The Morgan fingerprint density at radius 2 is 1.89 bits per heavy atom. The van der Waals surface area contributed by atoms with Gasteiger partial charge in [-0.05, 0) is 25.7 Å². The predicted octanol–water partition coefficient (Wildman–Crippen LogP) is 0.717. The molecule has 0 aromatic heterocycles. The Morgan fingerprint density at radius 1 is 1.28 bits per heavy atom. The average Bonchev–Trinajstić information content (AvgIpc) is 3.08. The zero-order valence-electron chi connectivity index (χ0n) is 11.8. The van der Waals surface area contributed by atoms with Crippen LogP contribution in [0, 0.1) is 5.92 Å². The summed E-state index contributed by atoms with van der Waals surface area (Å²) in [4.78, 5) is 0. The third kappa shape index (κ3) is 5.22. The monoisotopic (exact) mass is 278 g/mol. The van der Waals surface area contributed by atoms with Crippen LogP contribution in [0.3, 0.4) is 0 Å². The molecule has 0 spiro atoms. The van der Waals surface area contributed by atoms with Crippen LogP contribution in [0.1, 0.15) is 33.6 Å². The summed E-state index contributed by atoms with van der Waals surface area (Å²) < 4.78 is 32.1. The Labute approximate surface area is 111 Å². The summed E-state index contributed by atoms with van der Waals surface area (Å²) in [6.45, 7) is 6.62. The zero-order valence-corrected chi connectivity index (χ0v) is 12.6. The molecule has 0 heterocycles. The molecule has 0 aromatic rings. The maximum atomic E-state index is 12.1. The number of sulfonamides is 1. The van der Waals surface area contributed by atoms with Crippen LogP contribution in [0.2, 0.25) is 0 Å². The SMILES string of the molecule is COCC(NS(=O)(=O)C(C)CNC1CC1)C(C)C. The highest BCUT2D eigenvalue weighted by molar-refractivity contribution is 7.90. The van der Waals surface area contributed by atoms with E-state index in [0.29, 0.717) is 19.2 Å². The molecular weight excluding hydrogens is 252 g/mol. The Bertz CT molecular complexity index is 339. The summed E-state index contributed by atoms with van der Waals surface area (Å²) in [6.07, 6.45) is 2.33. The van der Waals surface area contributed by atoms with Crippen molar-refractivity contribution in [1.82, 2.24) is 10.0 Å². The van der Waals surface area contributed by atoms with Crippen LogP contribution < -0.4 is 10.0 Å². The molecule has 2 unspecified atom stereocenters. The van der Waals surface area contributed by atoms with Crippen molar-refractivity contribution in [2.24, 2.45) is 5.92 Å². The maximum Gasteiger partial charge on any atom is 0.215 e. The Morgan fingerprint density at radius 3 is 2.33 bits per heavy atom. The summed E-state index contributed by atoms with van der Waals surface area (Å²) in [6, 6.07) is 0.367. The van der Waals surface area contributed by atoms with Gasteiger partial charge in [0.15, 0.2) is 0 Å². The van der Waals surface area contributed by atoms with Crippen molar-refractivity contribution < 1.29 is 13.2 Å². The minimum Gasteiger partial charge on any atom is -0.383 e. The lowest BCUT2D eigenvalue weighted by atomic mass is 10.1. The normalized spacial score (nSPS) is 20.1. The van der Waals surface area contributed by atoms with E-state index in [0.717, 1.165) is 0 Å². The van der Waals surface area contributed by atoms with Gasteiger partial charge in [0.05, 0.1) is 11.9 Å². The summed E-state index contributed by atoms with van der Waals surface area (Å²) in [5, 5.41) is 2.83. The topological polar surface area (TPSA) is 67.4 Å². The van der Waals surface area contributed by atoms with Crippen LogP contribution in [0.4, 0.5) is 0 Å². The van der Waals surface area contributed by atoms with Crippen molar-refractivity contribution in [1.29, 1.82) is 0 Å². The van der Waals surface area contributed by atoms with Gasteiger partial charge in [-0.1, -0.05) is 13.8 Å². The second kappa shape index (κ2) is 6.84. The Kier molecular flexibility index (Phi) is 6.04. The lowest BCUT2D eigenvalue weighted by Gasteiger charge is -2.24. The van der Waals surface area contributed by atoms with E-state index >= 15 is 0 Å². The summed E-state index contributed by atoms with van der Waals surface area (Å²) in [7, 11) is -1.70. The number of ether oxygens (including phenoxy) is 1. The molecule has 0 aromatic carbocycles. The van der Waals surface area contributed by atoms with E-state index in [1.54, 1.807) is 14.0 Å². The van der Waals surface area contributed by atoms with Gasteiger partial charge in [0.1, 0.15) is 0 Å². The molecule has 2 N–H and O–H groups in total. The van der Waals surface area contributed by atoms with Crippen molar-refractivity contribution >= 4 is 10.0 Å². The van der Waals surface area contributed by atoms with E-state index in [9.17, 15) is 8.42 Å². The highest BCUT2D eigenvalue weighted by Gasteiger charge is 2.28. The number of nitrogens with one attached hydrogen (secondary N) is 2. The largest absolute Gasteiger partial charge is 0.383 e. The fraction of sp³-hybridized carbons (Fsp3) is 1.00. The van der Waals surface area contributed by atoms with Gasteiger partial charge in [0, 0.05) is 25.7 Å². The molecule has 1 rings (SSSR count). The number of hydrogen-bond donors (Lipinski definition) is 2. The highest BCUT2D eigenvalue weighted by atomic mass is 32.2. The molecule has 1 saturated carbocycles. The smallest absolute Gasteiger partial charge is 0.215 e. The molecule has 0 amide bonds. The van der Waals surface area contributed by atoms with E-state index < -0.39 is 15.3 Å². The van der Waals surface area contributed by atoms with Crippen molar-refractivity contribution in [2.75, 3.05) is 20.3 Å². The third-order valence-corrected chi connectivity index (χ3v) is 5.13. The summed E-state index contributed by atoms with van der Waals surface area (Å²) in [5.74, 6) is 0.211. The molecule has 1 aliphatic carbocycles. The van der Waals surface area contributed by atoms with E-state index in [-0.39, 0.29) is 12.0 Å². The predicted molar refractivity (Wildman–Crippen MR) is 73.0 cm³/mol. The first-order valence-corrected chi connectivity index (χ1v) is 8.15. The van der Waals surface area contributed by atoms with Crippen LogP contribution in [0.15, 0.2) is 0 Å². The molecule has 6 heteroatoms. The van der Waals surface area contributed by atoms with Gasteiger partial charge >= 0.3 is 0 Å². The first kappa shape index (κ1) is 15.9. The summed E-state index contributed by atoms with van der Waals surface area (Å²) >= 11 is 0. The number of methoxy groups -OCH3 is 1. The molecule has 1 aliphatic rings. The lowest BCUT2D eigenvalue weighted by molar-refractivity contribution is 0.157. The van der Waals surface area contributed by atoms with Gasteiger partial charge in [0.2, 0.25) is 10.0 Å². The van der Waals surface area contributed by atoms with Crippen LogP contribution in [0.25, 0.3) is 0 Å². The quantitative estimate of drug-likeness (QED) is 0.652. The fourth-order valence-corrected chi connectivity index (χ4v) is 2.91. The number of rotatable bonds is 9. The maximum absolute atomic E-state index is 12.1. The molecule has 0 bridgehead atoms. The van der Waals surface area contributed by atoms with E-state index in [1.165, 1.54) is 12.8 Å². The lowest BCUT2D eigenvalue weighted by Crippen LogP contribution is -2.47. The summed E-state index contributed by atoms with van der Waals surface area (Å²) in [5.41, 5.74) is 0. The Balaban J connectivity index is 2.48. The van der Waals surface area contributed by atoms with Crippen molar-refractivity contribution in [2.45, 2.75) is 50.9 Å². The molecular formula is C12H26N2O3S. The first-order chi connectivity index (χ1) is 8.36. The van der Waals surface area contributed by atoms with Crippen molar-refractivity contribution in [3.63, 3.8) is 0 Å². The third-order valence-electron chi connectivity index (χ3n) is 3.27. The minimum absolute atomic E-state index is 0.164. The van der Waals surface area contributed by atoms with Crippen LogP contribution in [-0.2, 0) is 14.8 Å². The molecule has 2 atom stereocenters. The van der Waals surface area contributed by atoms with Gasteiger partial charge in [-0.3, -0.25) is 0 Å². The fourth-order valence-electron chi connectivity index (χ4n) is 1.60. The second-order valence-corrected chi connectivity index (χ2v) is 7.59. The highest BCUT2D eigenvalue weighted by Crippen LogP contribution is 2.18. The van der Waals surface area contributed by atoms with E-state index in [1.807, 2.05) is 13.8 Å². The molecule has 18 heavy (non-hydrogen) atoms. The van der Waals surface area contributed by atoms with Crippen molar-refractivity contribution in [3.05, 3.63) is 0 Å². The van der Waals surface area contributed by atoms with Gasteiger partial charge < -0.3 is 10.1 Å². The first-order valence-electron chi connectivity index (χ1n) is 6.60. The molecule has 0 saturated heterocycles. The molecule has 5 nitrogen and oxygen atoms in total. The van der Waals surface area contributed by atoms with Gasteiger partial charge in [0.25, 0.3) is 0 Å². The Hall–Kier alpha value is -0.170. The van der Waals surface area contributed by atoms with Crippen LogP contribution >= 0.6 is 0 Å².